The molecule has 0 radical (unpaired) electrons. The first-order chi connectivity index (χ1) is 18.5. The number of aliphatic hydroxyl groups excluding tert-OH is 2. The van der Waals surface area contributed by atoms with Crippen molar-refractivity contribution in [2.24, 2.45) is 11.8 Å². The van der Waals surface area contributed by atoms with Crippen molar-refractivity contribution in [3.8, 4) is 11.5 Å². The lowest BCUT2D eigenvalue weighted by Crippen LogP contribution is -2.28. The van der Waals surface area contributed by atoms with Crippen molar-refractivity contribution in [3.63, 3.8) is 0 Å². The van der Waals surface area contributed by atoms with Crippen molar-refractivity contribution in [2.45, 2.75) is 148 Å². The predicted molar refractivity (Wildman–Crippen MR) is 165 cm³/mol. The Morgan fingerprint density at radius 1 is 0.949 bits per heavy atom. The molecule has 1 rings (SSSR count). The smallest absolute Gasteiger partial charge is 0.305 e. The minimum atomic E-state index is -1.61. The molecule has 0 amide bonds. The van der Waals surface area contributed by atoms with Gasteiger partial charge in [-0.15, -0.1) is 5.54 Å². The van der Waals surface area contributed by atoms with Gasteiger partial charge in [-0.05, 0) is 44.4 Å². The minimum Gasteiger partial charge on any atom is -0.466 e. The van der Waals surface area contributed by atoms with E-state index in [0.29, 0.717) is 38.7 Å². The zero-order chi connectivity index (χ0) is 29.2. The van der Waals surface area contributed by atoms with E-state index in [1.807, 2.05) is 12.2 Å². The number of esters is 1. The molecule has 0 spiro atoms. The van der Waals surface area contributed by atoms with Crippen LogP contribution in [0.2, 0.25) is 19.6 Å². The quantitative estimate of drug-likeness (QED) is 0.0513. The van der Waals surface area contributed by atoms with Gasteiger partial charge in [0.1, 0.15) is 13.7 Å². The second-order valence-electron chi connectivity index (χ2n) is 12.5. The molecule has 5 atom stereocenters. The first kappa shape index (κ1) is 35.6. The third kappa shape index (κ3) is 16.5. The largest absolute Gasteiger partial charge is 0.466 e. The molecule has 224 valence electrons. The van der Waals surface area contributed by atoms with Crippen molar-refractivity contribution in [3.05, 3.63) is 24.3 Å². The van der Waals surface area contributed by atoms with Crippen molar-refractivity contribution in [2.75, 3.05) is 6.61 Å². The van der Waals surface area contributed by atoms with Crippen LogP contribution < -0.4 is 0 Å². The number of carbonyl (C=O) groups is 1. The maximum atomic E-state index is 11.8. The summed E-state index contributed by atoms with van der Waals surface area (Å²) < 4.78 is 5.29. The van der Waals surface area contributed by atoms with Gasteiger partial charge in [0.15, 0.2) is 0 Å². The van der Waals surface area contributed by atoms with Gasteiger partial charge in [-0.1, -0.05) is 102 Å². The second kappa shape index (κ2) is 19.6. The maximum Gasteiger partial charge on any atom is 0.305 e. The number of unbranched alkanes of at least 4 members (excludes halogenated alkanes) is 7. The number of aliphatic hydroxyl groups is 3. The van der Waals surface area contributed by atoms with Crippen LogP contribution in [0.3, 0.4) is 0 Å². The van der Waals surface area contributed by atoms with Crippen molar-refractivity contribution in [1.82, 2.24) is 0 Å². The monoisotopic (exact) mass is 562 g/mol. The van der Waals surface area contributed by atoms with E-state index in [1.165, 1.54) is 12.8 Å². The minimum absolute atomic E-state index is 0.0636. The van der Waals surface area contributed by atoms with Gasteiger partial charge in [0, 0.05) is 25.2 Å². The molecule has 0 aliphatic heterocycles. The van der Waals surface area contributed by atoms with Crippen molar-refractivity contribution >= 4 is 14.0 Å². The first-order valence-electron chi connectivity index (χ1n) is 15.6. The molecule has 1 fully saturated rings. The molecule has 5 nitrogen and oxygen atoms in total. The van der Waals surface area contributed by atoms with E-state index in [4.69, 9.17) is 4.74 Å². The number of hydrogen-bond donors (Lipinski definition) is 3. The number of hydrogen-bond acceptors (Lipinski definition) is 5. The lowest BCUT2D eigenvalue weighted by atomic mass is 9.88. The Labute approximate surface area is 240 Å². The van der Waals surface area contributed by atoms with E-state index in [-0.39, 0.29) is 17.8 Å². The summed E-state index contributed by atoms with van der Waals surface area (Å²) in [6, 6.07) is 0. The topological polar surface area (TPSA) is 87.0 Å². The molecule has 1 unspecified atom stereocenters. The molecule has 39 heavy (non-hydrogen) atoms. The molecular weight excluding hydrogens is 504 g/mol. The molecule has 0 saturated heterocycles. The highest BCUT2D eigenvalue weighted by molar-refractivity contribution is 6.83. The average Bonchev–Trinajstić information content (AvgIpc) is 3.14. The Balaban J connectivity index is 2.59. The Morgan fingerprint density at radius 2 is 1.64 bits per heavy atom. The van der Waals surface area contributed by atoms with Gasteiger partial charge in [-0.3, -0.25) is 4.79 Å². The molecule has 0 aromatic heterocycles. The summed E-state index contributed by atoms with van der Waals surface area (Å²) in [7, 11) is -1.61. The molecule has 6 heteroatoms. The number of ether oxygens (including phenoxy) is 1. The summed E-state index contributed by atoms with van der Waals surface area (Å²) in [5.41, 5.74) is 2.31. The van der Waals surface area contributed by atoms with Crippen LogP contribution in [0, 0.1) is 23.3 Å². The molecular formula is C33H58O5Si. The van der Waals surface area contributed by atoms with Crippen LogP contribution in [0.4, 0.5) is 0 Å². The van der Waals surface area contributed by atoms with E-state index < -0.39 is 25.9 Å². The van der Waals surface area contributed by atoms with Crippen LogP contribution in [0.1, 0.15) is 110 Å². The SMILES string of the molecule is CCCCCCOC(=O)CCC/C=C\C[C@@H]1[C@@H](/C=C/CC(O)(C#C[Si](C)(C)C)CCCCCC)[C@H](O)C[C@@H]1O. The molecule has 1 aliphatic rings. The molecule has 1 aliphatic carbocycles. The van der Waals surface area contributed by atoms with Crippen molar-refractivity contribution < 1.29 is 24.9 Å². The van der Waals surface area contributed by atoms with Gasteiger partial charge in [0.25, 0.3) is 0 Å². The highest BCUT2D eigenvalue weighted by Crippen LogP contribution is 2.36. The lowest BCUT2D eigenvalue weighted by Gasteiger charge is -2.23. The Hall–Kier alpha value is -1.39. The van der Waals surface area contributed by atoms with Crippen LogP contribution in [0.15, 0.2) is 24.3 Å². The number of carbonyl (C=O) groups excluding carboxylic acids is 1. The maximum absolute atomic E-state index is 11.8. The summed E-state index contributed by atoms with van der Waals surface area (Å²) in [6.45, 7) is 11.4. The molecule has 0 bridgehead atoms. The predicted octanol–water partition coefficient (Wildman–Crippen LogP) is 7.11. The molecule has 0 aromatic rings. The van der Waals surface area contributed by atoms with Crippen molar-refractivity contribution in [1.29, 1.82) is 0 Å². The van der Waals surface area contributed by atoms with Crippen LogP contribution in [0.5, 0.6) is 0 Å². The Bertz CT molecular complexity index is 790. The molecule has 0 aromatic carbocycles. The van der Waals surface area contributed by atoms with E-state index in [2.05, 4.69) is 57.1 Å². The van der Waals surface area contributed by atoms with E-state index in [0.717, 1.165) is 51.4 Å². The zero-order valence-corrected chi connectivity index (χ0v) is 26.6. The number of allylic oxidation sites excluding steroid dienone is 2. The fourth-order valence-electron chi connectivity index (χ4n) is 5.01. The Morgan fingerprint density at radius 3 is 2.31 bits per heavy atom. The summed E-state index contributed by atoms with van der Waals surface area (Å²) in [4.78, 5) is 11.8. The van der Waals surface area contributed by atoms with Gasteiger partial charge in [0.05, 0.1) is 18.8 Å². The molecule has 1 saturated carbocycles. The normalized spacial score (nSPS) is 23.2. The Kier molecular flexibility index (Phi) is 17.9. The summed E-state index contributed by atoms with van der Waals surface area (Å²) in [5.74, 6) is 2.87. The molecule has 3 N–H and O–H groups in total. The third-order valence-corrected chi connectivity index (χ3v) is 8.31. The van der Waals surface area contributed by atoms with Crippen LogP contribution >= 0.6 is 0 Å². The average molecular weight is 563 g/mol. The van der Waals surface area contributed by atoms with Gasteiger partial charge >= 0.3 is 5.97 Å². The fourth-order valence-corrected chi connectivity index (χ4v) is 5.62. The second-order valence-corrected chi connectivity index (χ2v) is 17.2. The van der Waals surface area contributed by atoms with Crippen LogP contribution in [-0.4, -0.2) is 53.8 Å². The van der Waals surface area contributed by atoms with E-state index in [9.17, 15) is 20.1 Å². The van der Waals surface area contributed by atoms with Gasteiger partial charge in [0.2, 0.25) is 0 Å². The van der Waals surface area contributed by atoms with Gasteiger partial charge in [-0.2, -0.15) is 0 Å². The van der Waals surface area contributed by atoms with Crippen LogP contribution in [-0.2, 0) is 9.53 Å². The van der Waals surface area contributed by atoms with E-state index in [1.54, 1.807) is 0 Å². The first-order valence-corrected chi connectivity index (χ1v) is 19.1. The summed E-state index contributed by atoms with van der Waals surface area (Å²) in [6.07, 6.45) is 19.8. The highest BCUT2D eigenvalue weighted by Gasteiger charge is 2.39. The van der Waals surface area contributed by atoms with Gasteiger partial charge in [-0.25, -0.2) is 0 Å². The van der Waals surface area contributed by atoms with E-state index >= 15 is 0 Å². The van der Waals surface area contributed by atoms with Gasteiger partial charge < -0.3 is 20.1 Å². The summed E-state index contributed by atoms with van der Waals surface area (Å²) >= 11 is 0. The third-order valence-electron chi connectivity index (χ3n) is 7.43. The standard InChI is InChI=1S/C33H58O5Si/c1-6-8-10-16-22-33(37,24-26-39(3,4)5)23-18-20-29-28(30(34)27-31(29)35)19-14-12-13-15-21-32(36)38-25-17-11-9-7-2/h12,14,18,20,28-31,34-35,37H,6-11,13,15-17,19,21-23,25,27H2,1-5H3/b14-12-,20-18+/t28-,29-,30+,31-,33?/m1/s1. The highest BCUT2D eigenvalue weighted by atomic mass is 28.3. The fraction of sp³-hybridized carbons (Fsp3) is 0.788. The number of rotatable bonds is 19. The molecule has 0 heterocycles. The zero-order valence-electron chi connectivity index (χ0n) is 25.6. The van der Waals surface area contributed by atoms with Crippen LogP contribution in [0.25, 0.3) is 0 Å². The summed E-state index contributed by atoms with van der Waals surface area (Å²) in [5, 5.41) is 32.5. The lowest BCUT2D eigenvalue weighted by molar-refractivity contribution is -0.143.